The highest BCUT2D eigenvalue weighted by Gasteiger charge is 2.05. The van der Waals surface area contributed by atoms with Gasteiger partial charge in [-0.3, -0.25) is 9.79 Å². The Morgan fingerprint density at radius 1 is 1.33 bits per heavy atom. The second-order valence-corrected chi connectivity index (χ2v) is 5.63. The lowest BCUT2D eigenvalue weighted by molar-refractivity contribution is 0.0954. The van der Waals surface area contributed by atoms with Crippen molar-refractivity contribution >= 4 is 27.8 Å². The van der Waals surface area contributed by atoms with Crippen LogP contribution in [0.1, 0.15) is 30.6 Å². The van der Waals surface area contributed by atoms with Crippen LogP contribution >= 0.6 is 15.9 Å². The lowest BCUT2D eigenvalue weighted by Gasteiger charge is -2.16. The monoisotopic (exact) mass is 354 g/mol. The largest absolute Gasteiger partial charge is 0.355 e. The molecule has 0 fully saturated rings. The maximum Gasteiger partial charge on any atom is 0.251 e. The first-order valence-corrected chi connectivity index (χ1v) is 7.87. The molecule has 0 aliphatic heterocycles. The fourth-order valence-electron chi connectivity index (χ4n) is 1.62. The Morgan fingerprint density at radius 2 is 2.05 bits per heavy atom. The Kier molecular flexibility index (Phi) is 7.82. The van der Waals surface area contributed by atoms with Crippen molar-refractivity contribution in [3.05, 3.63) is 34.3 Å². The smallest absolute Gasteiger partial charge is 0.251 e. The van der Waals surface area contributed by atoms with Gasteiger partial charge in [-0.2, -0.15) is 0 Å². The van der Waals surface area contributed by atoms with E-state index >= 15 is 0 Å². The SMILES string of the molecule is CCC(C)NC(=NC)NCCNC(=O)c1cccc(Br)c1. The molecule has 0 bridgehead atoms. The molecule has 1 atom stereocenters. The Labute approximate surface area is 134 Å². The molecule has 116 valence electrons. The molecule has 1 unspecified atom stereocenters. The molecule has 0 radical (unpaired) electrons. The molecule has 1 amide bonds. The minimum Gasteiger partial charge on any atom is -0.355 e. The molecule has 1 aromatic rings. The van der Waals surface area contributed by atoms with Gasteiger partial charge in [0.15, 0.2) is 5.96 Å². The number of carbonyl (C=O) groups is 1. The average molecular weight is 355 g/mol. The van der Waals surface area contributed by atoms with Crippen LogP contribution in [0.4, 0.5) is 0 Å². The van der Waals surface area contributed by atoms with Crippen LogP contribution in [0.15, 0.2) is 33.7 Å². The molecule has 0 aromatic heterocycles. The highest BCUT2D eigenvalue weighted by molar-refractivity contribution is 9.10. The second kappa shape index (κ2) is 9.39. The highest BCUT2D eigenvalue weighted by Crippen LogP contribution is 2.11. The van der Waals surface area contributed by atoms with Crippen LogP contribution in [0, 0.1) is 0 Å². The van der Waals surface area contributed by atoms with Gasteiger partial charge in [0, 0.05) is 36.2 Å². The maximum absolute atomic E-state index is 11.9. The van der Waals surface area contributed by atoms with Crippen LogP contribution in [0.2, 0.25) is 0 Å². The molecule has 6 heteroatoms. The summed E-state index contributed by atoms with van der Waals surface area (Å²) < 4.78 is 0.895. The number of halogens is 1. The molecule has 5 nitrogen and oxygen atoms in total. The van der Waals surface area contributed by atoms with Crippen LogP contribution in [-0.4, -0.2) is 38.0 Å². The third-order valence-electron chi connectivity index (χ3n) is 3.01. The van der Waals surface area contributed by atoms with Crippen LogP contribution in [0.3, 0.4) is 0 Å². The topological polar surface area (TPSA) is 65.5 Å². The summed E-state index contributed by atoms with van der Waals surface area (Å²) in [7, 11) is 1.73. The summed E-state index contributed by atoms with van der Waals surface area (Å²) in [6, 6.07) is 7.69. The normalized spacial score (nSPS) is 12.7. The fourth-order valence-corrected chi connectivity index (χ4v) is 2.02. The van der Waals surface area contributed by atoms with Crippen molar-refractivity contribution in [1.82, 2.24) is 16.0 Å². The van der Waals surface area contributed by atoms with Crippen molar-refractivity contribution in [1.29, 1.82) is 0 Å². The molecule has 0 saturated carbocycles. The Morgan fingerprint density at radius 3 is 2.67 bits per heavy atom. The Hall–Kier alpha value is -1.56. The van der Waals surface area contributed by atoms with E-state index in [9.17, 15) is 4.79 Å². The highest BCUT2D eigenvalue weighted by atomic mass is 79.9. The van der Waals surface area contributed by atoms with Gasteiger partial charge in [-0.15, -0.1) is 0 Å². The molecular weight excluding hydrogens is 332 g/mol. The number of benzene rings is 1. The predicted molar refractivity (Wildman–Crippen MR) is 90.7 cm³/mol. The van der Waals surface area contributed by atoms with Gasteiger partial charge >= 0.3 is 0 Å². The van der Waals surface area contributed by atoms with Gasteiger partial charge in [-0.05, 0) is 31.5 Å². The summed E-state index contributed by atoms with van der Waals surface area (Å²) in [5.74, 6) is 0.670. The number of rotatable bonds is 6. The van der Waals surface area contributed by atoms with E-state index in [2.05, 4.69) is 50.7 Å². The number of guanidine groups is 1. The van der Waals surface area contributed by atoms with Crippen molar-refractivity contribution < 1.29 is 4.79 Å². The van der Waals surface area contributed by atoms with Gasteiger partial charge in [0.25, 0.3) is 5.91 Å². The third-order valence-corrected chi connectivity index (χ3v) is 3.50. The minimum atomic E-state index is -0.0806. The lowest BCUT2D eigenvalue weighted by atomic mass is 10.2. The average Bonchev–Trinajstić information content (AvgIpc) is 2.49. The van der Waals surface area contributed by atoms with E-state index in [0.717, 1.165) is 16.9 Å². The van der Waals surface area contributed by atoms with Crippen molar-refractivity contribution in [3.63, 3.8) is 0 Å². The van der Waals surface area contributed by atoms with E-state index in [1.54, 1.807) is 19.2 Å². The van der Waals surface area contributed by atoms with E-state index in [1.165, 1.54) is 0 Å². The van der Waals surface area contributed by atoms with Crippen molar-refractivity contribution in [2.24, 2.45) is 4.99 Å². The minimum absolute atomic E-state index is 0.0806. The van der Waals surface area contributed by atoms with E-state index in [-0.39, 0.29) is 5.91 Å². The molecule has 0 saturated heterocycles. The first kappa shape index (κ1) is 17.5. The van der Waals surface area contributed by atoms with E-state index in [1.807, 2.05) is 12.1 Å². The van der Waals surface area contributed by atoms with Crippen LogP contribution in [-0.2, 0) is 0 Å². The molecule has 0 heterocycles. The lowest BCUT2D eigenvalue weighted by Crippen LogP contribution is -2.44. The quantitative estimate of drug-likeness (QED) is 0.416. The number of carbonyl (C=O) groups excluding carboxylic acids is 1. The Balaban J connectivity index is 2.32. The second-order valence-electron chi connectivity index (χ2n) is 4.72. The van der Waals surface area contributed by atoms with Crippen LogP contribution < -0.4 is 16.0 Å². The number of nitrogens with zero attached hydrogens (tertiary/aromatic N) is 1. The maximum atomic E-state index is 11.9. The summed E-state index contributed by atoms with van der Waals surface area (Å²) in [5.41, 5.74) is 0.645. The van der Waals surface area contributed by atoms with Gasteiger partial charge in [-0.25, -0.2) is 0 Å². The zero-order valence-corrected chi connectivity index (χ0v) is 14.3. The van der Waals surface area contributed by atoms with E-state index < -0.39 is 0 Å². The Bertz CT molecular complexity index is 490. The van der Waals surface area contributed by atoms with Crippen LogP contribution in [0.25, 0.3) is 0 Å². The first-order chi connectivity index (χ1) is 10.1. The number of nitrogens with one attached hydrogen (secondary N) is 3. The zero-order valence-electron chi connectivity index (χ0n) is 12.7. The number of hydrogen-bond acceptors (Lipinski definition) is 2. The molecule has 0 spiro atoms. The van der Waals surface area contributed by atoms with Gasteiger partial charge in [0.1, 0.15) is 0 Å². The molecular formula is C15H23BrN4O. The molecule has 1 rings (SSSR count). The van der Waals surface area contributed by atoms with E-state index in [4.69, 9.17) is 0 Å². The van der Waals surface area contributed by atoms with Gasteiger partial charge in [0.05, 0.1) is 0 Å². The van der Waals surface area contributed by atoms with Crippen molar-refractivity contribution in [3.8, 4) is 0 Å². The van der Waals surface area contributed by atoms with Gasteiger partial charge < -0.3 is 16.0 Å². The first-order valence-electron chi connectivity index (χ1n) is 7.07. The van der Waals surface area contributed by atoms with E-state index in [0.29, 0.717) is 24.7 Å². The summed E-state index contributed by atoms with van der Waals surface area (Å²) in [5, 5.41) is 9.30. The summed E-state index contributed by atoms with van der Waals surface area (Å²) in [6.45, 7) is 5.37. The van der Waals surface area contributed by atoms with Gasteiger partial charge in [-0.1, -0.05) is 28.9 Å². The molecule has 0 aliphatic carbocycles. The van der Waals surface area contributed by atoms with Crippen molar-refractivity contribution in [2.75, 3.05) is 20.1 Å². The zero-order chi connectivity index (χ0) is 15.7. The van der Waals surface area contributed by atoms with Crippen LogP contribution in [0.5, 0.6) is 0 Å². The number of aliphatic imine (C=N–C) groups is 1. The fraction of sp³-hybridized carbons (Fsp3) is 0.467. The molecule has 1 aromatic carbocycles. The summed E-state index contributed by atoms with van der Waals surface area (Å²) >= 11 is 3.35. The van der Waals surface area contributed by atoms with Crippen molar-refractivity contribution in [2.45, 2.75) is 26.3 Å². The number of hydrogen-bond donors (Lipinski definition) is 3. The van der Waals surface area contributed by atoms with Gasteiger partial charge in [0.2, 0.25) is 0 Å². The molecule has 0 aliphatic rings. The predicted octanol–water partition coefficient (Wildman–Crippen LogP) is 2.14. The summed E-state index contributed by atoms with van der Waals surface area (Å²) in [6.07, 6.45) is 1.03. The standard InChI is InChI=1S/C15H23BrN4O/c1-4-11(2)20-15(17-3)19-9-8-18-14(21)12-6-5-7-13(16)10-12/h5-7,10-11H,4,8-9H2,1-3H3,(H,18,21)(H2,17,19,20). The number of amides is 1. The summed E-state index contributed by atoms with van der Waals surface area (Å²) in [4.78, 5) is 16.1. The molecule has 3 N–H and O–H groups in total. The third kappa shape index (κ3) is 6.62. The molecule has 21 heavy (non-hydrogen) atoms.